The standard InChI is InChI=1S/C51H56O12/c1-34-44(55-29-37-18-10-5-11-19-37)45(42(32-54-28-36-16-8-4-9-17-36)60-49(34)57-31-38-20-12-6-13-21-38)63-51-48(59-35(2)52)47(56-30-39-24-26-41(53-3)27-25-39)46-43(61-51)33-58-50(62-46)40-22-14-7-15-23-40/h4-27,34,42-51H,28-33H2,1-3H3/t34?,42?,43?,44-,45+,46+,47-,48?,49+,50?,51-/m0/s1. The van der Waals surface area contributed by atoms with E-state index in [1.165, 1.54) is 6.92 Å². The normalized spacial score (nSPS) is 28.1. The van der Waals surface area contributed by atoms with Crippen LogP contribution in [0.3, 0.4) is 0 Å². The van der Waals surface area contributed by atoms with Gasteiger partial charge in [0.25, 0.3) is 0 Å². The number of hydrogen-bond acceptors (Lipinski definition) is 12. The summed E-state index contributed by atoms with van der Waals surface area (Å²) in [5.41, 5.74) is 4.71. The fraction of sp³-hybridized carbons (Fsp3) is 0.392. The lowest BCUT2D eigenvalue weighted by Gasteiger charge is -2.51. The molecule has 3 heterocycles. The fourth-order valence-corrected chi connectivity index (χ4v) is 8.17. The highest BCUT2D eigenvalue weighted by molar-refractivity contribution is 5.66. The van der Waals surface area contributed by atoms with Crippen molar-refractivity contribution in [1.82, 2.24) is 0 Å². The summed E-state index contributed by atoms with van der Waals surface area (Å²) >= 11 is 0. The third-order valence-electron chi connectivity index (χ3n) is 11.4. The van der Waals surface area contributed by atoms with Crippen LogP contribution in [0.4, 0.5) is 0 Å². The Hall–Kier alpha value is -4.99. The maximum Gasteiger partial charge on any atom is 0.303 e. The minimum absolute atomic E-state index is 0.127. The maximum atomic E-state index is 13.1. The molecule has 11 atom stereocenters. The third kappa shape index (κ3) is 11.8. The molecule has 3 aliphatic rings. The molecule has 0 amide bonds. The molecular weight excluding hydrogens is 805 g/mol. The summed E-state index contributed by atoms with van der Waals surface area (Å²) in [6.45, 7) is 4.79. The summed E-state index contributed by atoms with van der Waals surface area (Å²) in [5, 5.41) is 0. The number of benzene rings is 5. The fourth-order valence-electron chi connectivity index (χ4n) is 8.17. The van der Waals surface area contributed by atoms with Gasteiger partial charge >= 0.3 is 5.97 Å². The molecule has 3 fully saturated rings. The smallest absolute Gasteiger partial charge is 0.303 e. The molecule has 0 spiro atoms. The van der Waals surface area contributed by atoms with Gasteiger partial charge < -0.3 is 52.1 Å². The van der Waals surface area contributed by atoms with E-state index in [2.05, 4.69) is 0 Å². The average Bonchev–Trinajstić information content (AvgIpc) is 3.32. The van der Waals surface area contributed by atoms with Crippen LogP contribution in [0, 0.1) is 5.92 Å². The van der Waals surface area contributed by atoms with Gasteiger partial charge in [-0.15, -0.1) is 0 Å². The summed E-state index contributed by atoms with van der Waals surface area (Å²) in [7, 11) is 1.62. The first-order valence-electron chi connectivity index (χ1n) is 21.5. The molecule has 0 radical (unpaired) electrons. The lowest BCUT2D eigenvalue weighted by atomic mass is 9.91. The topological polar surface area (TPSA) is 119 Å². The van der Waals surface area contributed by atoms with Crippen molar-refractivity contribution in [2.75, 3.05) is 20.3 Å². The van der Waals surface area contributed by atoms with Gasteiger partial charge in [0.05, 0.1) is 52.9 Å². The van der Waals surface area contributed by atoms with Gasteiger partial charge in [0, 0.05) is 18.4 Å². The lowest BCUT2D eigenvalue weighted by molar-refractivity contribution is -0.389. The molecule has 12 heteroatoms. The zero-order chi connectivity index (χ0) is 43.4. The van der Waals surface area contributed by atoms with Crippen LogP contribution < -0.4 is 4.74 Å². The first kappa shape index (κ1) is 44.6. The third-order valence-corrected chi connectivity index (χ3v) is 11.4. The molecule has 0 aliphatic carbocycles. The molecular formula is C51H56O12. The van der Waals surface area contributed by atoms with E-state index >= 15 is 0 Å². The van der Waals surface area contributed by atoms with E-state index in [4.69, 9.17) is 52.1 Å². The van der Waals surface area contributed by atoms with Gasteiger partial charge in [-0.25, -0.2) is 0 Å². The van der Waals surface area contributed by atoms with Crippen LogP contribution in [0.2, 0.25) is 0 Å². The highest BCUT2D eigenvalue weighted by atomic mass is 16.8. The van der Waals surface area contributed by atoms with Gasteiger partial charge in [-0.05, 0) is 34.4 Å². The Bertz CT molecular complexity index is 2110. The summed E-state index contributed by atoms with van der Waals surface area (Å²) in [6, 6.07) is 47.1. The first-order chi connectivity index (χ1) is 30.9. The Morgan fingerprint density at radius 3 is 1.75 bits per heavy atom. The van der Waals surface area contributed by atoms with E-state index in [0.717, 1.165) is 33.6 Å². The van der Waals surface area contributed by atoms with E-state index in [1.807, 2.05) is 153 Å². The second kappa shape index (κ2) is 22.1. The Morgan fingerprint density at radius 1 is 0.587 bits per heavy atom. The summed E-state index contributed by atoms with van der Waals surface area (Å²) < 4.78 is 71.7. The number of hydrogen-bond donors (Lipinski definition) is 0. The molecule has 5 aromatic rings. The van der Waals surface area contributed by atoms with Crippen molar-refractivity contribution >= 4 is 5.97 Å². The van der Waals surface area contributed by atoms with Gasteiger partial charge in [-0.3, -0.25) is 4.79 Å². The minimum atomic E-state index is -1.17. The van der Waals surface area contributed by atoms with Crippen molar-refractivity contribution in [2.45, 2.75) is 102 Å². The first-order valence-corrected chi connectivity index (χ1v) is 21.5. The predicted octanol–water partition coefficient (Wildman–Crippen LogP) is 8.12. The molecule has 332 valence electrons. The Labute approximate surface area is 369 Å². The summed E-state index contributed by atoms with van der Waals surface area (Å²) in [5.74, 6) is -0.161. The molecule has 0 aromatic heterocycles. The molecule has 0 N–H and O–H groups in total. The summed E-state index contributed by atoms with van der Waals surface area (Å²) in [6.07, 6.45) is -8.00. The van der Waals surface area contributed by atoms with Crippen LogP contribution in [0.5, 0.6) is 5.75 Å². The number of methoxy groups -OCH3 is 1. The van der Waals surface area contributed by atoms with Crippen molar-refractivity contribution in [3.8, 4) is 5.75 Å². The number of esters is 1. The van der Waals surface area contributed by atoms with Crippen molar-refractivity contribution in [2.24, 2.45) is 5.92 Å². The highest BCUT2D eigenvalue weighted by Crippen LogP contribution is 2.40. The van der Waals surface area contributed by atoms with Crippen LogP contribution in [-0.2, 0) is 78.6 Å². The number of fused-ring (bicyclic) bond motifs is 1. The Balaban J connectivity index is 1.11. The molecule has 5 unspecified atom stereocenters. The second-order valence-corrected chi connectivity index (χ2v) is 16.0. The van der Waals surface area contributed by atoms with E-state index < -0.39 is 67.6 Å². The SMILES string of the molecule is COc1ccc(CO[C@@H]2C(OC(C)=O)[C@H](O[C@@H]3C(COCc4ccccc4)O[C@@H](OCc4ccccc4)C(C)[C@@H]3OCc3ccccc3)OC3COC(c4ccccc4)O[C@H]32)cc1. The van der Waals surface area contributed by atoms with Crippen molar-refractivity contribution in [3.05, 3.63) is 173 Å². The zero-order valence-corrected chi connectivity index (χ0v) is 35.8. The zero-order valence-electron chi connectivity index (χ0n) is 35.8. The van der Waals surface area contributed by atoms with Gasteiger partial charge in [0.2, 0.25) is 0 Å². The van der Waals surface area contributed by atoms with Gasteiger partial charge in [0.1, 0.15) is 36.3 Å². The van der Waals surface area contributed by atoms with Gasteiger partial charge in [-0.2, -0.15) is 0 Å². The van der Waals surface area contributed by atoms with Crippen LogP contribution in [-0.4, -0.2) is 81.6 Å². The number of ether oxygens (including phenoxy) is 11. The molecule has 8 rings (SSSR count). The van der Waals surface area contributed by atoms with E-state index in [1.54, 1.807) is 7.11 Å². The monoisotopic (exact) mass is 860 g/mol. The number of carbonyl (C=O) groups excluding carboxylic acids is 1. The molecule has 0 saturated carbocycles. The molecule has 12 nitrogen and oxygen atoms in total. The predicted molar refractivity (Wildman–Crippen MR) is 231 cm³/mol. The molecule has 3 aliphatic heterocycles. The van der Waals surface area contributed by atoms with E-state index in [-0.39, 0.29) is 25.7 Å². The van der Waals surface area contributed by atoms with Gasteiger partial charge in [0.15, 0.2) is 25.0 Å². The molecule has 5 aromatic carbocycles. The van der Waals surface area contributed by atoms with Crippen molar-refractivity contribution in [3.63, 3.8) is 0 Å². The van der Waals surface area contributed by atoms with Crippen molar-refractivity contribution in [1.29, 1.82) is 0 Å². The maximum absolute atomic E-state index is 13.1. The van der Waals surface area contributed by atoms with Crippen LogP contribution in [0.25, 0.3) is 0 Å². The quantitative estimate of drug-likeness (QED) is 0.0793. The van der Waals surface area contributed by atoms with Gasteiger partial charge in [-0.1, -0.05) is 140 Å². The second-order valence-electron chi connectivity index (χ2n) is 16.0. The van der Waals surface area contributed by atoms with E-state index in [9.17, 15) is 4.79 Å². The Morgan fingerprint density at radius 2 is 1.14 bits per heavy atom. The molecule has 63 heavy (non-hydrogen) atoms. The average molecular weight is 861 g/mol. The summed E-state index contributed by atoms with van der Waals surface area (Å²) in [4.78, 5) is 13.1. The van der Waals surface area contributed by atoms with Crippen LogP contribution >= 0.6 is 0 Å². The minimum Gasteiger partial charge on any atom is -0.497 e. The largest absolute Gasteiger partial charge is 0.497 e. The van der Waals surface area contributed by atoms with E-state index in [0.29, 0.717) is 19.8 Å². The number of carbonyl (C=O) groups is 1. The highest BCUT2D eigenvalue weighted by Gasteiger charge is 2.55. The lowest BCUT2D eigenvalue weighted by Crippen LogP contribution is -2.66. The van der Waals surface area contributed by atoms with Crippen LogP contribution in [0.15, 0.2) is 146 Å². The molecule has 0 bridgehead atoms. The van der Waals surface area contributed by atoms with Crippen molar-refractivity contribution < 1.29 is 56.9 Å². The van der Waals surface area contributed by atoms with Crippen LogP contribution in [0.1, 0.15) is 48.0 Å². The number of rotatable bonds is 18. The molecule has 3 saturated heterocycles. The Kier molecular flexibility index (Phi) is 15.6.